The third-order valence-electron chi connectivity index (χ3n) is 7.21. The zero-order valence-electron chi connectivity index (χ0n) is 21.1. The van der Waals surface area contributed by atoms with Gasteiger partial charge in [0, 0.05) is 6.54 Å². The number of nitrogens with one attached hydrogen (secondary N) is 2. The Morgan fingerprint density at radius 1 is 1.00 bits per heavy atom. The first-order chi connectivity index (χ1) is 17.2. The Morgan fingerprint density at radius 2 is 1.61 bits per heavy atom. The standard InChI is InChI=1S/C28H34N4O3S/c1-18(2)26(31-36(34,35)23-14-15-23)28(33)32-16-4-5-25(32)27-29-17-24(30-27)22-12-10-21(11-13-22)20-8-6-19(3)7-9-20/h6-13,17-18,23,25-26,31H,4-5,14-16H2,1-3H3,(H,29,30)/t25-,26+/m0/s1. The number of hydrogen-bond acceptors (Lipinski definition) is 4. The molecule has 1 aromatic heterocycles. The fraction of sp³-hybridized carbons (Fsp3) is 0.429. The summed E-state index contributed by atoms with van der Waals surface area (Å²) in [4.78, 5) is 23.4. The minimum atomic E-state index is -3.47. The van der Waals surface area contributed by atoms with Crippen molar-refractivity contribution < 1.29 is 13.2 Å². The summed E-state index contributed by atoms with van der Waals surface area (Å²) in [5.41, 5.74) is 5.49. The molecule has 2 aromatic carbocycles. The van der Waals surface area contributed by atoms with E-state index in [4.69, 9.17) is 0 Å². The van der Waals surface area contributed by atoms with Crippen molar-refractivity contribution in [2.45, 2.75) is 63.8 Å². The maximum atomic E-state index is 13.5. The van der Waals surface area contributed by atoms with Crippen molar-refractivity contribution in [3.8, 4) is 22.4 Å². The normalized spacial score (nSPS) is 19.1. The van der Waals surface area contributed by atoms with Crippen LogP contribution in [0.4, 0.5) is 0 Å². The summed E-state index contributed by atoms with van der Waals surface area (Å²) in [7, 11) is -3.47. The average Bonchev–Trinajstić information content (AvgIpc) is 3.43. The molecule has 1 saturated heterocycles. The van der Waals surface area contributed by atoms with E-state index < -0.39 is 16.1 Å². The molecule has 7 nitrogen and oxygen atoms in total. The molecule has 8 heteroatoms. The van der Waals surface area contributed by atoms with E-state index in [2.05, 4.69) is 70.1 Å². The second-order valence-corrected chi connectivity index (χ2v) is 12.4. The quantitative estimate of drug-likeness (QED) is 0.458. The number of aryl methyl sites for hydroxylation is 1. The topological polar surface area (TPSA) is 95.2 Å². The fourth-order valence-corrected chi connectivity index (χ4v) is 6.53. The first-order valence-corrected chi connectivity index (χ1v) is 14.3. The van der Waals surface area contributed by atoms with Crippen LogP contribution in [0.1, 0.15) is 57.0 Å². The van der Waals surface area contributed by atoms with Crippen molar-refractivity contribution in [1.29, 1.82) is 0 Å². The van der Waals surface area contributed by atoms with Crippen molar-refractivity contribution >= 4 is 15.9 Å². The van der Waals surface area contributed by atoms with Crippen LogP contribution < -0.4 is 4.72 Å². The number of aromatic nitrogens is 2. The van der Waals surface area contributed by atoms with E-state index in [9.17, 15) is 13.2 Å². The highest BCUT2D eigenvalue weighted by Gasteiger charge is 2.42. The molecule has 1 aliphatic carbocycles. The number of carbonyl (C=O) groups excluding carboxylic acids is 1. The average molecular weight is 507 g/mol. The summed E-state index contributed by atoms with van der Waals surface area (Å²) in [6.07, 6.45) is 4.81. The lowest BCUT2D eigenvalue weighted by molar-refractivity contribution is -0.135. The van der Waals surface area contributed by atoms with Crippen LogP contribution in [-0.4, -0.2) is 47.0 Å². The Balaban J connectivity index is 1.32. The Hall–Kier alpha value is -2.97. The minimum absolute atomic E-state index is 0.147. The van der Waals surface area contributed by atoms with Gasteiger partial charge in [-0.1, -0.05) is 67.9 Å². The van der Waals surface area contributed by atoms with Crippen molar-refractivity contribution in [3.63, 3.8) is 0 Å². The summed E-state index contributed by atoms with van der Waals surface area (Å²) < 4.78 is 27.8. The molecule has 2 fully saturated rings. The molecule has 190 valence electrons. The van der Waals surface area contributed by atoms with E-state index in [1.54, 1.807) is 4.90 Å². The highest BCUT2D eigenvalue weighted by Crippen LogP contribution is 2.34. The molecule has 5 rings (SSSR count). The molecule has 2 heterocycles. The number of imidazole rings is 1. The van der Waals surface area contributed by atoms with Gasteiger partial charge < -0.3 is 9.88 Å². The van der Waals surface area contributed by atoms with Gasteiger partial charge in [0.1, 0.15) is 11.9 Å². The van der Waals surface area contributed by atoms with Crippen LogP contribution in [0, 0.1) is 12.8 Å². The molecular weight excluding hydrogens is 472 g/mol. The van der Waals surface area contributed by atoms with Crippen LogP contribution in [0.25, 0.3) is 22.4 Å². The van der Waals surface area contributed by atoms with Gasteiger partial charge in [0.25, 0.3) is 0 Å². The van der Waals surface area contributed by atoms with Gasteiger partial charge in [-0.25, -0.2) is 18.1 Å². The number of sulfonamides is 1. The maximum Gasteiger partial charge on any atom is 0.241 e. The highest BCUT2D eigenvalue weighted by atomic mass is 32.2. The summed E-state index contributed by atoms with van der Waals surface area (Å²) in [6, 6.07) is 15.9. The Bertz CT molecular complexity index is 1330. The van der Waals surface area contributed by atoms with Crippen molar-refractivity contribution in [1.82, 2.24) is 19.6 Å². The fourth-order valence-electron chi connectivity index (χ4n) is 4.86. The molecule has 2 aliphatic rings. The number of carbonyl (C=O) groups is 1. The number of likely N-dealkylation sites (tertiary alicyclic amines) is 1. The molecule has 1 saturated carbocycles. The third kappa shape index (κ3) is 5.11. The predicted octanol–water partition coefficient (Wildman–Crippen LogP) is 4.82. The molecule has 2 N–H and O–H groups in total. The van der Waals surface area contributed by atoms with Crippen LogP contribution >= 0.6 is 0 Å². The van der Waals surface area contributed by atoms with Gasteiger partial charge in [0.15, 0.2) is 0 Å². The summed E-state index contributed by atoms with van der Waals surface area (Å²) in [5, 5.41) is -0.356. The number of nitrogens with zero attached hydrogens (tertiary/aromatic N) is 2. The van der Waals surface area contributed by atoms with E-state index in [-0.39, 0.29) is 23.1 Å². The number of rotatable bonds is 8. The number of H-pyrrole nitrogens is 1. The molecule has 0 radical (unpaired) electrons. The molecule has 2 atom stereocenters. The second kappa shape index (κ2) is 9.82. The van der Waals surface area contributed by atoms with Crippen molar-refractivity contribution in [2.75, 3.05) is 6.54 Å². The molecule has 0 unspecified atom stereocenters. The summed E-state index contributed by atoms with van der Waals surface area (Å²) in [5.74, 6) is 0.426. The minimum Gasteiger partial charge on any atom is -0.340 e. The van der Waals surface area contributed by atoms with Crippen molar-refractivity contribution in [2.24, 2.45) is 5.92 Å². The third-order valence-corrected chi connectivity index (χ3v) is 9.15. The summed E-state index contributed by atoms with van der Waals surface area (Å²) in [6.45, 7) is 6.44. The van der Waals surface area contributed by atoms with Gasteiger partial charge in [0.05, 0.1) is 23.2 Å². The molecule has 1 amide bonds. The smallest absolute Gasteiger partial charge is 0.241 e. The van der Waals surface area contributed by atoms with E-state index in [0.717, 1.165) is 35.5 Å². The molecular formula is C28H34N4O3S. The van der Waals surface area contributed by atoms with E-state index in [1.165, 1.54) is 11.1 Å². The Labute approximate surface area is 213 Å². The van der Waals surface area contributed by atoms with Crippen LogP contribution in [0.5, 0.6) is 0 Å². The monoisotopic (exact) mass is 506 g/mol. The summed E-state index contributed by atoms with van der Waals surface area (Å²) >= 11 is 0. The predicted molar refractivity (Wildman–Crippen MR) is 142 cm³/mol. The second-order valence-electron chi connectivity index (χ2n) is 10.4. The lowest BCUT2D eigenvalue weighted by Gasteiger charge is -2.30. The zero-order valence-corrected chi connectivity index (χ0v) is 21.9. The highest BCUT2D eigenvalue weighted by molar-refractivity contribution is 7.90. The largest absolute Gasteiger partial charge is 0.340 e. The molecule has 0 spiro atoms. The van der Waals surface area contributed by atoms with Crippen LogP contribution in [0.2, 0.25) is 0 Å². The van der Waals surface area contributed by atoms with Crippen LogP contribution in [0.3, 0.4) is 0 Å². The Kier molecular flexibility index (Phi) is 6.74. The van der Waals surface area contributed by atoms with Gasteiger partial charge in [-0.2, -0.15) is 0 Å². The van der Waals surface area contributed by atoms with Gasteiger partial charge in [-0.15, -0.1) is 0 Å². The zero-order chi connectivity index (χ0) is 25.4. The van der Waals surface area contributed by atoms with Gasteiger partial charge in [0.2, 0.25) is 15.9 Å². The number of aromatic amines is 1. The lowest BCUT2D eigenvalue weighted by atomic mass is 10.0. The van der Waals surface area contributed by atoms with E-state index >= 15 is 0 Å². The Morgan fingerprint density at radius 3 is 2.22 bits per heavy atom. The van der Waals surface area contributed by atoms with Gasteiger partial charge >= 0.3 is 0 Å². The van der Waals surface area contributed by atoms with Gasteiger partial charge in [-0.3, -0.25) is 4.79 Å². The number of benzene rings is 2. The maximum absolute atomic E-state index is 13.5. The SMILES string of the molecule is Cc1ccc(-c2ccc(-c3cnc([C@@H]4CCCN4C(=O)[C@H](NS(=O)(=O)C4CC4)C(C)C)[nH]3)cc2)cc1. The molecule has 0 bridgehead atoms. The van der Waals surface area contributed by atoms with Crippen LogP contribution in [0.15, 0.2) is 54.7 Å². The molecule has 3 aromatic rings. The van der Waals surface area contributed by atoms with Crippen molar-refractivity contribution in [3.05, 3.63) is 66.1 Å². The number of amides is 1. The number of hydrogen-bond donors (Lipinski definition) is 2. The van der Waals surface area contributed by atoms with E-state index in [1.807, 2.05) is 20.0 Å². The first kappa shape index (κ1) is 24.7. The van der Waals surface area contributed by atoms with E-state index in [0.29, 0.717) is 19.4 Å². The lowest BCUT2D eigenvalue weighted by Crippen LogP contribution is -2.51. The molecule has 36 heavy (non-hydrogen) atoms. The first-order valence-electron chi connectivity index (χ1n) is 12.8. The van der Waals surface area contributed by atoms with Gasteiger partial charge in [-0.05, 0) is 55.2 Å². The van der Waals surface area contributed by atoms with Crippen LogP contribution in [-0.2, 0) is 14.8 Å². The molecule has 1 aliphatic heterocycles.